The van der Waals surface area contributed by atoms with E-state index in [0.29, 0.717) is 29.3 Å². The summed E-state index contributed by atoms with van der Waals surface area (Å²) >= 11 is 1.42. The molecule has 0 aromatic carbocycles. The SMILES string of the molecule is CSc1nc(N)cc(N(C)CC(=O)NCC(C)C)n1. The first-order valence-electron chi connectivity index (χ1n) is 6.08. The van der Waals surface area contributed by atoms with Crippen LogP contribution in [0.5, 0.6) is 0 Å². The normalized spacial score (nSPS) is 10.6. The van der Waals surface area contributed by atoms with Gasteiger partial charge >= 0.3 is 0 Å². The van der Waals surface area contributed by atoms with Crippen molar-refractivity contribution in [2.75, 3.05) is 37.0 Å². The highest BCUT2D eigenvalue weighted by Crippen LogP contribution is 2.17. The molecule has 0 aliphatic carbocycles. The van der Waals surface area contributed by atoms with Crippen LogP contribution in [0, 0.1) is 5.92 Å². The molecule has 0 bridgehead atoms. The van der Waals surface area contributed by atoms with E-state index in [2.05, 4.69) is 29.1 Å². The molecule has 0 radical (unpaired) electrons. The van der Waals surface area contributed by atoms with E-state index in [1.807, 2.05) is 6.26 Å². The highest BCUT2D eigenvalue weighted by Gasteiger charge is 2.11. The molecule has 19 heavy (non-hydrogen) atoms. The van der Waals surface area contributed by atoms with Crippen LogP contribution in [0.4, 0.5) is 11.6 Å². The highest BCUT2D eigenvalue weighted by atomic mass is 32.2. The monoisotopic (exact) mass is 283 g/mol. The lowest BCUT2D eigenvalue weighted by molar-refractivity contribution is -0.119. The van der Waals surface area contributed by atoms with Crippen LogP contribution in [-0.4, -0.2) is 42.3 Å². The first-order valence-corrected chi connectivity index (χ1v) is 7.31. The number of amides is 1. The topological polar surface area (TPSA) is 84.1 Å². The van der Waals surface area contributed by atoms with Gasteiger partial charge in [0.2, 0.25) is 5.91 Å². The first kappa shape index (κ1) is 15.6. The number of nitrogens with two attached hydrogens (primary N) is 1. The van der Waals surface area contributed by atoms with Gasteiger partial charge in [-0.1, -0.05) is 25.6 Å². The zero-order chi connectivity index (χ0) is 14.4. The number of nitrogens with one attached hydrogen (secondary N) is 1. The third-order valence-corrected chi connectivity index (χ3v) is 2.92. The van der Waals surface area contributed by atoms with Crippen molar-refractivity contribution in [1.82, 2.24) is 15.3 Å². The van der Waals surface area contributed by atoms with Gasteiger partial charge in [0.25, 0.3) is 0 Å². The van der Waals surface area contributed by atoms with E-state index in [9.17, 15) is 4.79 Å². The van der Waals surface area contributed by atoms with E-state index in [1.54, 1.807) is 18.0 Å². The van der Waals surface area contributed by atoms with E-state index in [1.165, 1.54) is 11.8 Å². The lowest BCUT2D eigenvalue weighted by Crippen LogP contribution is -2.37. The highest BCUT2D eigenvalue weighted by molar-refractivity contribution is 7.98. The second kappa shape index (κ2) is 7.18. The average molecular weight is 283 g/mol. The lowest BCUT2D eigenvalue weighted by Gasteiger charge is -2.18. The smallest absolute Gasteiger partial charge is 0.239 e. The molecule has 1 heterocycles. The summed E-state index contributed by atoms with van der Waals surface area (Å²) in [6.07, 6.45) is 1.88. The molecule has 0 unspecified atom stereocenters. The van der Waals surface area contributed by atoms with Crippen molar-refractivity contribution >= 4 is 29.3 Å². The third kappa shape index (κ3) is 5.34. The van der Waals surface area contributed by atoms with Gasteiger partial charge in [0, 0.05) is 19.7 Å². The van der Waals surface area contributed by atoms with Gasteiger partial charge in [0.15, 0.2) is 5.16 Å². The Morgan fingerprint density at radius 1 is 1.53 bits per heavy atom. The van der Waals surface area contributed by atoms with E-state index < -0.39 is 0 Å². The number of rotatable bonds is 6. The molecule has 1 amide bonds. The summed E-state index contributed by atoms with van der Waals surface area (Å²) in [5.41, 5.74) is 5.71. The van der Waals surface area contributed by atoms with Crippen LogP contribution in [-0.2, 0) is 4.79 Å². The van der Waals surface area contributed by atoms with Gasteiger partial charge in [-0.15, -0.1) is 0 Å². The molecule has 7 heteroatoms. The lowest BCUT2D eigenvalue weighted by atomic mass is 10.2. The van der Waals surface area contributed by atoms with Gasteiger partial charge in [-0.2, -0.15) is 0 Å². The molecule has 0 aliphatic heterocycles. The number of hydrogen-bond acceptors (Lipinski definition) is 6. The molecule has 1 aromatic rings. The number of anilines is 2. The number of carbonyl (C=O) groups excluding carboxylic acids is 1. The maximum absolute atomic E-state index is 11.7. The minimum Gasteiger partial charge on any atom is -0.383 e. The Morgan fingerprint density at radius 2 is 2.21 bits per heavy atom. The quantitative estimate of drug-likeness (QED) is 0.598. The van der Waals surface area contributed by atoms with Crippen molar-refractivity contribution in [3.63, 3.8) is 0 Å². The fourth-order valence-electron chi connectivity index (χ4n) is 1.39. The molecule has 0 fully saturated rings. The fourth-order valence-corrected chi connectivity index (χ4v) is 1.77. The van der Waals surface area contributed by atoms with Crippen LogP contribution in [0.2, 0.25) is 0 Å². The van der Waals surface area contributed by atoms with Gasteiger partial charge in [-0.3, -0.25) is 4.79 Å². The molecule has 0 aliphatic rings. The maximum Gasteiger partial charge on any atom is 0.239 e. The molecule has 6 nitrogen and oxygen atoms in total. The summed E-state index contributed by atoms with van der Waals surface area (Å²) in [7, 11) is 1.81. The number of nitrogen functional groups attached to an aromatic ring is 1. The summed E-state index contributed by atoms with van der Waals surface area (Å²) in [6.45, 7) is 5.03. The first-order chi connectivity index (χ1) is 8.92. The van der Waals surface area contributed by atoms with Crippen LogP contribution in [0.25, 0.3) is 0 Å². The molecule has 0 saturated carbocycles. The van der Waals surface area contributed by atoms with E-state index >= 15 is 0 Å². The van der Waals surface area contributed by atoms with Crippen molar-refractivity contribution in [1.29, 1.82) is 0 Å². The molecule has 1 rings (SSSR count). The zero-order valence-electron chi connectivity index (χ0n) is 11.8. The molecule has 0 atom stereocenters. The molecule has 0 saturated heterocycles. The number of nitrogens with zero attached hydrogens (tertiary/aromatic N) is 3. The Kier molecular flexibility index (Phi) is 5.88. The van der Waals surface area contributed by atoms with Crippen LogP contribution in [0.15, 0.2) is 11.2 Å². The molecular weight excluding hydrogens is 262 g/mol. The predicted molar refractivity (Wildman–Crippen MR) is 79.3 cm³/mol. The number of thioether (sulfide) groups is 1. The Bertz CT molecular complexity index is 438. The number of carbonyl (C=O) groups is 1. The minimum absolute atomic E-state index is 0.0286. The average Bonchev–Trinajstić information content (AvgIpc) is 2.35. The van der Waals surface area contributed by atoms with Crippen molar-refractivity contribution in [2.24, 2.45) is 5.92 Å². The molecule has 106 valence electrons. The fraction of sp³-hybridized carbons (Fsp3) is 0.583. The molecular formula is C12H21N5OS. The van der Waals surface area contributed by atoms with Crippen LogP contribution in [0.1, 0.15) is 13.8 Å². The van der Waals surface area contributed by atoms with Crippen molar-refractivity contribution in [3.8, 4) is 0 Å². The van der Waals surface area contributed by atoms with E-state index in [-0.39, 0.29) is 12.5 Å². The number of hydrogen-bond donors (Lipinski definition) is 2. The number of aromatic nitrogens is 2. The largest absolute Gasteiger partial charge is 0.383 e. The van der Waals surface area contributed by atoms with Crippen LogP contribution in [0.3, 0.4) is 0 Å². The summed E-state index contributed by atoms with van der Waals surface area (Å²) in [4.78, 5) is 21.9. The summed E-state index contributed by atoms with van der Waals surface area (Å²) in [5.74, 6) is 1.46. The van der Waals surface area contributed by atoms with Crippen molar-refractivity contribution < 1.29 is 4.79 Å². The van der Waals surface area contributed by atoms with Gasteiger partial charge < -0.3 is 16.0 Å². The second-order valence-corrected chi connectivity index (χ2v) is 5.47. The predicted octanol–water partition coefficient (Wildman–Crippen LogP) is 0.989. The van der Waals surface area contributed by atoms with Gasteiger partial charge in [-0.25, -0.2) is 9.97 Å². The standard InChI is InChI=1S/C12H21N5OS/c1-8(2)6-14-11(18)7-17(3)10-5-9(13)15-12(16-10)19-4/h5,8H,6-7H2,1-4H3,(H,14,18)(H2,13,15,16). The summed E-state index contributed by atoms with van der Waals surface area (Å²) in [5, 5.41) is 3.47. The zero-order valence-corrected chi connectivity index (χ0v) is 12.6. The van der Waals surface area contributed by atoms with Gasteiger partial charge in [0.1, 0.15) is 11.6 Å². The Labute approximate surface area is 118 Å². The van der Waals surface area contributed by atoms with E-state index in [0.717, 1.165) is 0 Å². The minimum atomic E-state index is -0.0286. The van der Waals surface area contributed by atoms with Gasteiger partial charge in [0.05, 0.1) is 6.54 Å². The Morgan fingerprint density at radius 3 is 2.79 bits per heavy atom. The Hall–Kier alpha value is -1.50. The van der Waals surface area contributed by atoms with Crippen LogP contribution < -0.4 is 16.0 Å². The molecule has 1 aromatic heterocycles. The molecule has 3 N–H and O–H groups in total. The van der Waals surface area contributed by atoms with Crippen LogP contribution >= 0.6 is 11.8 Å². The number of likely N-dealkylation sites (N-methyl/N-ethyl adjacent to an activating group) is 1. The Balaban J connectivity index is 2.64. The molecule has 0 spiro atoms. The van der Waals surface area contributed by atoms with Gasteiger partial charge in [-0.05, 0) is 12.2 Å². The third-order valence-electron chi connectivity index (χ3n) is 2.37. The maximum atomic E-state index is 11.7. The van der Waals surface area contributed by atoms with Crippen molar-refractivity contribution in [2.45, 2.75) is 19.0 Å². The summed E-state index contributed by atoms with van der Waals surface area (Å²) in [6, 6.07) is 1.66. The van der Waals surface area contributed by atoms with Crippen molar-refractivity contribution in [3.05, 3.63) is 6.07 Å². The van der Waals surface area contributed by atoms with E-state index in [4.69, 9.17) is 5.73 Å². The second-order valence-electron chi connectivity index (χ2n) is 4.69. The summed E-state index contributed by atoms with van der Waals surface area (Å²) < 4.78 is 0.